The van der Waals surface area contributed by atoms with E-state index in [4.69, 9.17) is 0 Å². The predicted octanol–water partition coefficient (Wildman–Crippen LogP) is 2.22. The molecule has 0 unspecified atom stereocenters. The summed E-state index contributed by atoms with van der Waals surface area (Å²) >= 11 is 0. The minimum atomic E-state index is -3.13. The van der Waals surface area contributed by atoms with Crippen molar-refractivity contribution in [2.24, 2.45) is 7.05 Å². The van der Waals surface area contributed by atoms with E-state index in [1.807, 2.05) is 20.0 Å². The second-order valence-corrected chi connectivity index (χ2v) is 6.75. The number of rotatable bonds is 6. The van der Waals surface area contributed by atoms with Crippen LogP contribution in [0.1, 0.15) is 19.0 Å². The molecule has 0 spiro atoms. The molecule has 1 heterocycles. The molecule has 2 rings (SSSR count). The monoisotopic (exact) mass is 293 g/mol. The second-order valence-electron chi connectivity index (χ2n) is 4.64. The molecule has 5 nitrogen and oxygen atoms in total. The van der Waals surface area contributed by atoms with Crippen molar-refractivity contribution in [3.8, 4) is 0 Å². The van der Waals surface area contributed by atoms with E-state index in [-0.39, 0.29) is 5.75 Å². The van der Waals surface area contributed by atoms with Gasteiger partial charge in [-0.1, -0.05) is 6.92 Å². The fourth-order valence-electron chi connectivity index (χ4n) is 1.93. The van der Waals surface area contributed by atoms with Gasteiger partial charge in [0.2, 0.25) is 0 Å². The Morgan fingerprint density at radius 3 is 2.45 bits per heavy atom. The van der Waals surface area contributed by atoms with Crippen LogP contribution >= 0.6 is 0 Å². The molecule has 1 aromatic carbocycles. The number of hydrogen-bond donors (Lipinski definition) is 1. The number of aryl methyl sites for hydroxylation is 1. The van der Waals surface area contributed by atoms with Gasteiger partial charge < -0.3 is 5.32 Å². The van der Waals surface area contributed by atoms with Crippen LogP contribution in [0.25, 0.3) is 0 Å². The van der Waals surface area contributed by atoms with E-state index < -0.39 is 9.84 Å². The Balaban J connectivity index is 2.04. The predicted molar refractivity (Wildman–Crippen MR) is 79.3 cm³/mol. The molecule has 0 saturated heterocycles. The van der Waals surface area contributed by atoms with Gasteiger partial charge in [-0.3, -0.25) is 4.68 Å². The summed E-state index contributed by atoms with van der Waals surface area (Å²) in [7, 11) is -1.25. The van der Waals surface area contributed by atoms with Gasteiger partial charge in [-0.25, -0.2) is 8.42 Å². The van der Waals surface area contributed by atoms with E-state index in [1.165, 1.54) is 0 Å². The van der Waals surface area contributed by atoms with E-state index >= 15 is 0 Å². The quantitative estimate of drug-likeness (QED) is 0.887. The number of sulfone groups is 1. The van der Waals surface area contributed by atoms with Gasteiger partial charge in [0, 0.05) is 18.9 Å². The summed E-state index contributed by atoms with van der Waals surface area (Å²) < 4.78 is 25.6. The van der Waals surface area contributed by atoms with E-state index in [1.54, 1.807) is 35.1 Å². The molecule has 1 aromatic heterocycles. The van der Waals surface area contributed by atoms with Crippen LogP contribution in [0.5, 0.6) is 0 Å². The smallest absolute Gasteiger partial charge is 0.178 e. The Morgan fingerprint density at radius 2 is 1.90 bits per heavy atom. The van der Waals surface area contributed by atoms with Gasteiger partial charge in [-0.05, 0) is 36.8 Å². The number of aromatic nitrogens is 2. The zero-order valence-electron chi connectivity index (χ0n) is 11.7. The summed E-state index contributed by atoms with van der Waals surface area (Å²) in [4.78, 5) is 0.380. The summed E-state index contributed by atoms with van der Waals surface area (Å²) in [6, 6.07) is 8.82. The molecule has 0 atom stereocenters. The van der Waals surface area contributed by atoms with Gasteiger partial charge in [0.05, 0.1) is 22.9 Å². The molecule has 2 aromatic rings. The van der Waals surface area contributed by atoms with Crippen molar-refractivity contribution in [2.45, 2.75) is 24.8 Å². The van der Waals surface area contributed by atoms with Crippen molar-refractivity contribution >= 4 is 15.5 Å². The molecule has 0 fully saturated rings. The zero-order chi connectivity index (χ0) is 14.6. The van der Waals surface area contributed by atoms with Crippen LogP contribution in [0.2, 0.25) is 0 Å². The average molecular weight is 293 g/mol. The lowest BCUT2D eigenvalue weighted by molar-refractivity contribution is 0.595. The van der Waals surface area contributed by atoms with Crippen LogP contribution in [0.4, 0.5) is 5.69 Å². The zero-order valence-corrected chi connectivity index (χ0v) is 12.5. The third-order valence-electron chi connectivity index (χ3n) is 3.08. The fraction of sp³-hybridized carbons (Fsp3) is 0.357. The number of nitrogens with one attached hydrogen (secondary N) is 1. The molecule has 6 heteroatoms. The Kier molecular flexibility index (Phi) is 4.44. The molecule has 0 radical (unpaired) electrons. The van der Waals surface area contributed by atoms with E-state index in [2.05, 4.69) is 10.4 Å². The lowest BCUT2D eigenvalue weighted by atomic mass is 10.3. The van der Waals surface area contributed by atoms with Gasteiger partial charge in [-0.2, -0.15) is 5.10 Å². The molecule has 0 amide bonds. The number of benzene rings is 1. The highest BCUT2D eigenvalue weighted by Gasteiger charge is 2.12. The third-order valence-corrected chi connectivity index (χ3v) is 5.02. The molecule has 0 aliphatic carbocycles. The molecule has 0 aliphatic heterocycles. The lowest BCUT2D eigenvalue weighted by Crippen LogP contribution is -2.07. The maximum absolute atomic E-state index is 11.9. The Labute approximate surface area is 119 Å². The molecule has 0 aliphatic rings. The summed E-state index contributed by atoms with van der Waals surface area (Å²) in [5.74, 6) is 0.189. The number of anilines is 1. The van der Waals surface area contributed by atoms with Crippen molar-refractivity contribution < 1.29 is 8.42 Å². The van der Waals surface area contributed by atoms with Crippen LogP contribution in [-0.4, -0.2) is 24.0 Å². The first-order valence-corrected chi connectivity index (χ1v) is 8.22. The first-order valence-electron chi connectivity index (χ1n) is 6.56. The van der Waals surface area contributed by atoms with Gasteiger partial charge >= 0.3 is 0 Å². The Hall–Kier alpha value is -1.82. The molecule has 0 bridgehead atoms. The highest BCUT2D eigenvalue weighted by atomic mass is 32.2. The first-order chi connectivity index (χ1) is 9.53. The second kappa shape index (κ2) is 6.09. The van der Waals surface area contributed by atoms with Crippen LogP contribution < -0.4 is 5.32 Å². The highest BCUT2D eigenvalue weighted by Crippen LogP contribution is 2.16. The summed E-state index contributed by atoms with van der Waals surface area (Å²) in [5, 5.41) is 7.34. The largest absolute Gasteiger partial charge is 0.379 e. The molecule has 108 valence electrons. The minimum Gasteiger partial charge on any atom is -0.379 e. The average Bonchev–Trinajstić information content (AvgIpc) is 2.82. The Morgan fingerprint density at radius 1 is 1.20 bits per heavy atom. The van der Waals surface area contributed by atoms with Crippen molar-refractivity contribution in [1.82, 2.24) is 9.78 Å². The molecule has 1 N–H and O–H groups in total. The van der Waals surface area contributed by atoms with Crippen LogP contribution in [0, 0.1) is 0 Å². The molecule has 20 heavy (non-hydrogen) atoms. The number of hydrogen-bond acceptors (Lipinski definition) is 4. The maximum Gasteiger partial charge on any atom is 0.178 e. The van der Waals surface area contributed by atoms with Gasteiger partial charge in [-0.15, -0.1) is 0 Å². The van der Waals surface area contributed by atoms with Crippen molar-refractivity contribution in [2.75, 3.05) is 11.1 Å². The Bertz CT molecular complexity index is 660. The molecular formula is C14H19N3O2S. The summed E-state index contributed by atoms with van der Waals surface area (Å²) in [6.45, 7) is 2.51. The fourth-order valence-corrected chi connectivity index (χ4v) is 3.26. The SMILES string of the molecule is CCCS(=O)(=O)c1ccc(NCc2ccnn2C)cc1. The van der Waals surface area contributed by atoms with Crippen molar-refractivity contribution in [3.05, 3.63) is 42.2 Å². The van der Waals surface area contributed by atoms with Crippen molar-refractivity contribution in [1.29, 1.82) is 0 Å². The van der Waals surface area contributed by atoms with E-state index in [0.717, 1.165) is 11.4 Å². The van der Waals surface area contributed by atoms with Gasteiger partial charge in [0.1, 0.15) is 0 Å². The molecule has 0 saturated carbocycles. The summed E-state index contributed by atoms with van der Waals surface area (Å²) in [5.41, 5.74) is 1.95. The van der Waals surface area contributed by atoms with E-state index in [0.29, 0.717) is 17.9 Å². The normalized spacial score (nSPS) is 11.5. The number of nitrogens with zero attached hydrogens (tertiary/aromatic N) is 2. The van der Waals surface area contributed by atoms with Gasteiger partial charge in [0.15, 0.2) is 9.84 Å². The minimum absolute atomic E-state index is 0.189. The topological polar surface area (TPSA) is 64.0 Å². The van der Waals surface area contributed by atoms with E-state index in [9.17, 15) is 8.42 Å². The standard InChI is InChI=1S/C14H19N3O2S/c1-3-10-20(18,19)14-6-4-12(5-7-14)15-11-13-8-9-16-17(13)2/h4-9,15H,3,10-11H2,1-2H3. The third kappa shape index (κ3) is 3.39. The lowest BCUT2D eigenvalue weighted by Gasteiger charge is -2.08. The van der Waals surface area contributed by atoms with Crippen LogP contribution in [-0.2, 0) is 23.4 Å². The summed E-state index contributed by atoms with van der Waals surface area (Å²) in [6.07, 6.45) is 2.38. The molecular weight excluding hydrogens is 274 g/mol. The van der Waals surface area contributed by atoms with Gasteiger partial charge in [0.25, 0.3) is 0 Å². The highest BCUT2D eigenvalue weighted by molar-refractivity contribution is 7.91. The van der Waals surface area contributed by atoms with Crippen LogP contribution in [0.15, 0.2) is 41.4 Å². The maximum atomic E-state index is 11.9. The van der Waals surface area contributed by atoms with Crippen LogP contribution in [0.3, 0.4) is 0 Å². The van der Waals surface area contributed by atoms with Crippen molar-refractivity contribution in [3.63, 3.8) is 0 Å². The first kappa shape index (κ1) is 14.6.